The highest BCUT2D eigenvalue weighted by Gasteiger charge is 2.38. The molecule has 0 heterocycles. The molecule has 0 saturated heterocycles. The number of rotatable bonds is 8. The van der Waals surface area contributed by atoms with Gasteiger partial charge in [-0.25, -0.2) is 0 Å². The summed E-state index contributed by atoms with van der Waals surface area (Å²) in [6, 6.07) is 2.14. The Morgan fingerprint density at radius 1 is 1.00 bits per heavy atom. The van der Waals surface area contributed by atoms with Crippen molar-refractivity contribution in [1.82, 2.24) is 0 Å². The second kappa shape index (κ2) is 6.68. The molecule has 0 bridgehead atoms. The molecule has 0 spiro atoms. The molecule has 1 atom stereocenters. The lowest BCUT2D eigenvalue weighted by Gasteiger charge is -2.39. The molecule has 0 aromatic carbocycles. The predicted octanol–water partition coefficient (Wildman–Crippen LogP) is 3.91. The molecule has 0 aromatic heterocycles. The van der Waals surface area contributed by atoms with Crippen molar-refractivity contribution in [2.24, 2.45) is 5.73 Å². The third kappa shape index (κ3) is 9.31. The van der Waals surface area contributed by atoms with Crippen molar-refractivity contribution in [2.75, 3.05) is 0 Å². The van der Waals surface area contributed by atoms with E-state index in [0.29, 0.717) is 0 Å². The van der Waals surface area contributed by atoms with E-state index in [1.807, 2.05) is 0 Å². The summed E-state index contributed by atoms with van der Waals surface area (Å²) in [7, 11) is -2.53. The quantitative estimate of drug-likeness (QED) is 0.665. The van der Waals surface area contributed by atoms with E-state index < -0.39 is 21.7 Å². The van der Waals surface area contributed by atoms with E-state index in [4.69, 9.17) is 5.73 Å². The smallest absolute Gasteiger partial charge is 0.0616 e. The molecule has 0 unspecified atom stereocenters. The van der Waals surface area contributed by atoms with Crippen LogP contribution in [0.1, 0.15) is 26.2 Å². The van der Waals surface area contributed by atoms with Gasteiger partial charge in [-0.3, -0.25) is 0 Å². The first-order valence-electron chi connectivity index (χ1n) is 7.35. The Kier molecular flexibility index (Phi) is 6.81. The largest absolute Gasteiger partial charge is 0.390 e. The number of hydrogen-bond acceptors (Lipinski definition) is 2. The summed E-state index contributed by atoms with van der Waals surface area (Å²) in [5.74, 6) is 0. The number of nitrogens with two attached hydrogens (primary N) is 1. The van der Waals surface area contributed by atoms with Crippen molar-refractivity contribution in [1.29, 1.82) is 0 Å². The van der Waals surface area contributed by atoms with Crippen molar-refractivity contribution in [3.63, 3.8) is 0 Å². The van der Waals surface area contributed by atoms with Gasteiger partial charge in [0.25, 0.3) is 0 Å². The molecule has 0 amide bonds. The predicted molar refractivity (Wildman–Crippen MR) is 88.8 cm³/mol. The minimum Gasteiger partial charge on any atom is -0.390 e. The van der Waals surface area contributed by atoms with Crippen LogP contribution in [0.2, 0.25) is 51.4 Å². The molecule has 0 fully saturated rings. The summed E-state index contributed by atoms with van der Waals surface area (Å²) in [5.41, 5.74) is 5.67. The highest BCUT2D eigenvalue weighted by atomic mass is 28.3. The lowest BCUT2D eigenvalue weighted by molar-refractivity contribution is 0.0599. The van der Waals surface area contributed by atoms with Crippen LogP contribution in [-0.4, -0.2) is 32.9 Å². The first-order valence-corrected chi connectivity index (χ1v) is 14.8. The molecule has 110 valence electrons. The molecular weight excluding hydrogens is 254 g/mol. The second-order valence-corrected chi connectivity index (χ2v) is 19.4. The van der Waals surface area contributed by atoms with Crippen molar-refractivity contribution >= 4 is 16.1 Å². The van der Waals surface area contributed by atoms with Gasteiger partial charge in [-0.15, -0.1) is 0 Å². The summed E-state index contributed by atoms with van der Waals surface area (Å²) in [6.07, 6.45) is 2.92. The van der Waals surface area contributed by atoms with Crippen LogP contribution in [0.3, 0.4) is 0 Å². The van der Waals surface area contributed by atoms with Crippen LogP contribution in [0.5, 0.6) is 0 Å². The molecule has 0 rings (SSSR count). The zero-order valence-electron chi connectivity index (χ0n) is 13.6. The molecule has 0 radical (unpaired) electrons. The highest BCUT2D eigenvalue weighted by Crippen LogP contribution is 2.33. The van der Waals surface area contributed by atoms with E-state index in [-0.39, 0.29) is 6.04 Å². The molecule has 0 aliphatic carbocycles. The lowest BCUT2D eigenvalue weighted by Crippen LogP contribution is -2.46. The third-order valence-corrected chi connectivity index (χ3v) is 6.46. The standard InChI is InChI=1S/C14H35NOSi2/c1-8-9-13(15)10-14(16,11-17(2,3)4)12-18(5,6)7/h13,16H,8-12,15H2,1-7H3/t13-/m1/s1. The monoisotopic (exact) mass is 289 g/mol. The van der Waals surface area contributed by atoms with Crippen LogP contribution in [0.4, 0.5) is 0 Å². The summed E-state index contributed by atoms with van der Waals surface area (Å²) in [5, 5.41) is 11.1. The van der Waals surface area contributed by atoms with E-state index in [1.165, 1.54) is 0 Å². The molecule has 2 nitrogen and oxygen atoms in total. The SMILES string of the molecule is CCC[C@@H](N)CC(O)(C[Si](C)(C)C)C[Si](C)(C)C. The second-order valence-electron chi connectivity index (χ2n) is 8.45. The Bertz CT molecular complexity index is 227. The maximum atomic E-state index is 11.1. The van der Waals surface area contributed by atoms with Gasteiger partial charge in [0.1, 0.15) is 0 Å². The molecule has 0 aliphatic heterocycles. The van der Waals surface area contributed by atoms with Crippen LogP contribution in [0.15, 0.2) is 0 Å². The van der Waals surface area contributed by atoms with Gasteiger partial charge in [-0.1, -0.05) is 52.6 Å². The Labute approximate surface area is 116 Å². The fourth-order valence-electron chi connectivity index (χ4n) is 3.14. The van der Waals surface area contributed by atoms with Crippen molar-refractivity contribution in [3.05, 3.63) is 0 Å². The van der Waals surface area contributed by atoms with Gasteiger partial charge in [-0.2, -0.15) is 0 Å². The van der Waals surface area contributed by atoms with Crippen LogP contribution in [0, 0.1) is 0 Å². The average molecular weight is 290 g/mol. The van der Waals surface area contributed by atoms with E-state index in [0.717, 1.165) is 31.4 Å². The topological polar surface area (TPSA) is 46.2 Å². The average Bonchev–Trinajstić information content (AvgIpc) is 1.93. The molecule has 0 saturated carbocycles. The van der Waals surface area contributed by atoms with Crippen molar-refractivity contribution < 1.29 is 5.11 Å². The zero-order valence-corrected chi connectivity index (χ0v) is 15.6. The minimum atomic E-state index is -1.27. The fraction of sp³-hybridized carbons (Fsp3) is 1.00. The van der Waals surface area contributed by atoms with Crippen molar-refractivity contribution in [3.8, 4) is 0 Å². The molecule has 3 N–H and O–H groups in total. The number of hydrogen-bond donors (Lipinski definition) is 2. The van der Waals surface area contributed by atoms with Gasteiger partial charge in [0, 0.05) is 22.2 Å². The summed E-state index contributed by atoms with van der Waals surface area (Å²) in [4.78, 5) is 0. The van der Waals surface area contributed by atoms with Gasteiger partial charge < -0.3 is 10.8 Å². The first kappa shape index (κ1) is 18.4. The Morgan fingerprint density at radius 2 is 1.39 bits per heavy atom. The zero-order chi connectivity index (χ0) is 14.6. The lowest BCUT2D eigenvalue weighted by atomic mass is 9.96. The summed E-state index contributed by atoms with van der Waals surface area (Å²) >= 11 is 0. The van der Waals surface area contributed by atoms with Crippen LogP contribution < -0.4 is 5.73 Å². The molecular formula is C14H35NOSi2. The fourth-order valence-corrected chi connectivity index (χ4v) is 7.88. The minimum absolute atomic E-state index is 0.160. The van der Waals surface area contributed by atoms with Gasteiger partial charge in [0.15, 0.2) is 0 Å². The van der Waals surface area contributed by atoms with Gasteiger partial charge in [-0.05, 0) is 24.9 Å². The van der Waals surface area contributed by atoms with Crippen LogP contribution in [0.25, 0.3) is 0 Å². The molecule has 18 heavy (non-hydrogen) atoms. The van der Waals surface area contributed by atoms with E-state index in [1.54, 1.807) is 0 Å². The van der Waals surface area contributed by atoms with E-state index >= 15 is 0 Å². The third-order valence-electron chi connectivity index (χ3n) is 3.02. The maximum Gasteiger partial charge on any atom is 0.0616 e. The van der Waals surface area contributed by atoms with E-state index in [9.17, 15) is 5.11 Å². The maximum absolute atomic E-state index is 11.1. The summed E-state index contributed by atoms with van der Waals surface area (Å²) < 4.78 is 0. The van der Waals surface area contributed by atoms with Gasteiger partial charge in [0.05, 0.1) is 5.60 Å². The molecule has 0 aromatic rings. The normalized spacial score (nSPS) is 15.8. The van der Waals surface area contributed by atoms with Gasteiger partial charge >= 0.3 is 0 Å². The Balaban J connectivity index is 4.80. The molecule has 4 heteroatoms. The van der Waals surface area contributed by atoms with Crippen LogP contribution >= 0.6 is 0 Å². The Hall–Kier alpha value is 0.354. The first-order chi connectivity index (χ1) is 7.87. The highest BCUT2D eigenvalue weighted by molar-refractivity contribution is 6.78. The summed E-state index contributed by atoms with van der Waals surface area (Å²) in [6.45, 7) is 16.2. The molecule has 0 aliphatic rings. The van der Waals surface area contributed by atoms with E-state index in [2.05, 4.69) is 46.2 Å². The number of aliphatic hydroxyl groups is 1. The Morgan fingerprint density at radius 3 is 1.67 bits per heavy atom. The van der Waals surface area contributed by atoms with Crippen LogP contribution in [-0.2, 0) is 0 Å². The van der Waals surface area contributed by atoms with Gasteiger partial charge in [0.2, 0.25) is 0 Å². The van der Waals surface area contributed by atoms with Crippen molar-refractivity contribution in [2.45, 2.75) is 89.2 Å².